The van der Waals surface area contributed by atoms with Crippen LogP contribution in [-0.2, 0) is 11.3 Å². The Morgan fingerprint density at radius 2 is 2.15 bits per heavy atom. The van der Waals surface area contributed by atoms with E-state index < -0.39 is 5.41 Å². The number of rotatable bonds is 3. The summed E-state index contributed by atoms with van der Waals surface area (Å²) in [5.41, 5.74) is 1.21. The molecule has 2 aliphatic rings. The molecule has 0 N–H and O–H groups in total. The van der Waals surface area contributed by atoms with E-state index in [4.69, 9.17) is 4.42 Å². The molecule has 142 valence electrons. The summed E-state index contributed by atoms with van der Waals surface area (Å²) in [5.74, 6) is 1.53. The molecule has 6 nitrogen and oxygen atoms in total. The molecule has 2 saturated heterocycles. The summed E-state index contributed by atoms with van der Waals surface area (Å²) in [4.78, 5) is 34.1. The standard InChI is InChI=1S/C21H25N3O3/c1-15-11-18(16(2)27-15)19(25)24-10-7-21(14-24)6-4-9-23(20(21)26)13-17-5-3-8-22-12-17/h3,5,8,11-12H,4,6-7,9-10,13-14H2,1-2H3. The van der Waals surface area contributed by atoms with Gasteiger partial charge in [-0.05, 0) is 50.8 Å². The Hall–Kier alpha value is -2.63. The number of piperidine rings is 1. The number of hydrogen-bond acceptors (Lipinski definition) is 4. The lowest BCUT2D eigenvalue weighted by Gasteiger charge is -2.39. The Bertz CT molecular complexity index is 861. The van der Waals surface area contributed by atoms with Crippen LogP contribution in [-0.4, -0.2) is 46.2 Å². The summed E-state index contributed by atoms with van der Waals surface area (Å²) in [6.45, 7) is 6.13. The van der Waals surface area contributed by atoms with E-state index in [0.717, 1.165) is 37.1 Å². The second kappa shape index (κ2) is 6.83. The highest BCUT2D eigenvalue weighted by atomic mass is 16.3. The zero-order valence-electron chi connectivity index (χ0n) is 15.9. The van der Waals surface area contributed by atoms with Gasteiger partial charge in [-0.25, -0.2) is 0 Å². The van der Waals surface area contributed by atoms with E-state index in [2.05, 4.69) is 4.98 Å². The molecule has 1 spiro atoms. The number of amides is 2. The fourth-order valence-electron chi connectivity index (χ4n) is 4.45. The summed E-state index contributed by atoms with van der Waals surface area (Å²) in [5, 5.41) is 0. The van der Waals surface area contributed by atoms with E-state index in [9.17, 15) is 9.59 Å². The molecule has 2 aromatic heterocycles. The predicted molar refractivity (Wildman–Crippen MR) is 100 cm³/mol. The Balaban J connectivity index is 1.49. The molecule has 0 aliphatic carbocycles. The molecule has 4 heterocycles. The van der Waals surface area contributed by atoms with Crippen LogP contribution in [0.2, 0.25) is 0 Å². The van der Waals surface area contributed by atoms with Crippen molar-refractivity contribution in [3.05, 3.63) is 53.2 Å². The number of pyridine rings is 1. The van der Waals surface area contributed by atoms with Gasteiger partial charge in [-0.2, -0.15) is 0 Å². The molecule has 1 atom stereocenters. The first-order valence-corrected chi connectivity index (χ1v) is 9.53. The van der Waals surface area contributed by atoms with E-state index in [1.54, 1.807) is 12.3 Å². The number of nitrogens with zero attached hydrogens (tertiary/aromatic N) is 3. The Labute approximate surface area is 159 Å². The third-order valence-corrected chi connectivity index (χ3v) is 5.83. The highest BCUT2D eigenvalue weighted by molar-refractivity contribution is 5.96. The van der Waals surface area contributed by atoms with E-state index in [0.29, 0.717) is 31.0 Å². The Morgan fingerprint density at radius 1 is 1.30 bits per heavy atom. The van der Waals surface area contributed by atoms with Gasteiger partial charge >= 0.3 is 0 Å². The summed E-state index contributed by atoms with van der Waals surface area (Å²) < 4.78 is 5.51. The smallest absolute Gasteiger partial charge is 0.257 e. The number of aromatic nitrogens is 1. The van der Waals surface area contributed by atoms with Crippen LogP contribution in [0.3, 0.4) is 0 Å². The topological polar surface area (TPSA) is 66.7 Å². The van der Waals surface area contributed by atoms with Gasteiger partial charge < -0.3 is 14.2 Å². The van der Waals surface area contributed by atoms with Crippen molar-refractivity contribution in [1.29, 1.82) is 0 Å². The second-order valence-corrected chi connectivity index (χ2v) is 7.78. The van der Waals surface area contributed by atoms with Crippen molar-refractivity contribution < 1.29 is 14.0 Å². The van der Waals surface area contributed by atoms with Crippen LogP contribution >= 0.6 is 0 Å². The molecule has 0 aromatic carbocycles. The van der Waals surface area contributed by atoms with Crippen molar-refractivity contribution >= 4 is 11.8 Å². The van der Waals surface area contributed by atoms with Gasteiger partial charge in [0.05, 0.1) is 11.0 Å². The molecule has 4 rings (SSSR count). The van der Waals surface area contributed by atoms with E-state index in [1.165, 1.54) is 0 Å². The Morgan fingerprint density at radius 3 is 2.85 bits per heavy atom. The van der Waals surface area contributed by atoms with Crippen molar-refractivity contribution in [1.82, 2.24) is 14.8 Å². The average molecular weight is 367 g/mol. The lowest BCUT2D eigenvalue weighted by molar-refractivity contribution is -0.146. The molecule has 0 bridgehead atoms. The predicted octanol–water partition coefficient (Wildman–Crippen LogP) is 2.95. The lowest BCUT2D eigenvalue weighted by Crippen LogP contribution is -2.50. The van der Waals surface area contributed by atoms with Gasteiger partial charge in [-0.1, -0.05) is 6.07 Å². The summed E-state index contributed by atoms with van der Waals surface area (Å²) in [6, 6.07) is 5.68. The SMILES string of the molecule is Cc1cc(C(=O)N2CCC3(CCCN(Cc4cccnc4)C3=O)C2)c(C)o1. The lowest BCUT2D eigenvalue weighted by atomic mass is 9.78. The quantitative estimate of drug-likeness (QED) is 0.837. The number of aryl methyl sites for hydroxylation is 2. The van der Waals surface area contributed by atoms with Crippen LogP contribution in [0, 0.1) is 19.3 Å². The van der Waals surface area contributed by atoms with E-state index in [1.807, 2.05) is 42.0 Å². The minimum atomic E-state index is -0.442. The van der Waals surface area contributed by atoms with Gasteiger partial charge in [-0.15, -0.1) is 0 Å². The van der Waals surface area contributed by atoms with Gasteiger partial charge in [0.25, 0.3) is 5.91 Å². The molecular formula is C21H25N3O3. The maximum absolute atomic E-state index is 13.3. The maximum atomic E-state index is 13.3. The molecule has 6 heteroatoms. The van der Waals surface area contributed by atoms with Crippen molar-refractivity contribution in [2.75, 3.05) is 19.6 Å². The molecule has 0 radical (unpaired) electrons. The van der Waals surface area contributed by atoms with Gasteiger partial charge in [0.1, 0.15) is 11.5 Å². The molecule has 0 saturated carbocycles. The van der Waals surface area contributed by atoms with Crippen LogP contribution in [0.25, 0.3) is 0 Å². The molecule has 2 aromatic rings. The zero-order valence-corrected chi connectivity index (χ0v) is 15.9. The first-order valence-electron chi connectivity index (χ1n) is 9.53. The van der Waals surface area contributed by atoms with Gasteiger partial charge in [0.15, 0.2) is 0 Å². The summed E-state index contributed by atoms with van der Waals surface area (Å²) in [6.07, 6.45) is 6.10. The first-order chi connectivity index (χ1) is 13.0. The fourth-order valence-corrected chi connectivity index (χ4v) is 4.45. The van der Waals surface area contributed by atoms with Crippen molar-refractivity contribution in [3.63, 3.8) is 0 Å². The third-order valence-electron chi connectivity index (χ3n) is 5.83. The van der Waals surface area contributed by atoms with Crippen molar-refractivity contribution in [2.45, 2.75) is 39.7 Å². The highest BCUT2D eigenvalue weighted by Crippen LogP contribution is 2.41. The van der Waals surface area contributed by atoms with Crippen LogP contribution in [0.1, 0.15) is 46.7 Å². The number of carbonyl (C=O) groups excluding carboxylic acids is 2. The average Bonchev–Trinajstić information content (AvgIpc) is 3.23. The first kappa shape index (κ1) is 17.8. The van der Waals surface area contributed by atoms with Crippen LogP contribution in [0.4, 0.5) is 0 Å². The number of hydrogen-bond donors (Lipinski definition) is 0. The number of furan rings is 1. The normalized spacial score (nSPS) is 22.7. The van der Waals surface area contributed by atoms with Crippen LogP contribution in [0.15, 0.2) is 35.0 Å². The summed E-state index contributed by atoms with van der Waals surface area (Å²) >= 11 is 0. The van der Waals surface area contributed by atoms with Crippen LogP contribution in [0.5, 0.6) is 0 Å². The van der Waals surface area contributed by atoms with Gasteiger partial charge in [-0.3, -0.25) is 14.6 Å². The Kier molecular flexibility index (Phi) is 4.50. The van der Waals surface area contributed by atoms with Gasteiger partial charge in [0, 0.05) is 38.6 Å². The van der Waals surface area contributed by atoms with E-state index in [-0.39, 0.29) is 11.8 Å². The molecule has 2 aliphatic heterocycles. The largest absolute Gasteiger partial charge is 0.466 e. The number of likely N-dealkylation sites (tertiary alicyclic amines) is 2. The molecule has 1 unspecified atom stereocenters. The van der Waals surface area contributed by atoms with Gasteiger partial charge in [0.2, 0.25) is 5.91 Å². The monoisotopic (exact) mass is 367 g/mol. The third kappa shape index (κ3) is 3.24. The zero-order chi connectivity index (χ0) is 19.0. The molecule has 2 amide bonds. The van der Waals surface area contributed by atoms with Crippen LogP contribution < -0.4 is 0 Å². The summed E-state index contributed by atoms with van der Waals surface area (Å²) in [7, 11) is 0. The number of carbonyl (C=O) groups is 2. The minimum Gasteiger partial charge on any atom is -0.466 e. The maximum Gasteiger partial charge on any atom is 0.257 e. The minimum absolute atomic E-state index is 0.0293. The van der Waals surface area contributed by atoms with E-state index >= 15 is 0 Å². The van der Waals surface area contributed by atoms with Crippen molar-refractivity contribution in [3.8, 4) is 0 Å². The molecule has 27 heavy (non-hydrogen) atoms. The molecule has 2 fully saturated rings. The highest BCUT2D eigenvalue weighted by Gasteiger charge is 2.49. The second-order valence-electron chi connectivity index (χ2n) is 7.78. The van der Waals surface area contributed by atoms with Crippen molar-refractivity contribution in [2.24, 2.45) is 5.41 Å². The fraction of sp³-hybridized carbons (Fsp3) is 0.476. The molecular weight excluding hydrogens is 342 g/mol.